The topological polar surface area (TPSA) is 34.1 Å². The van der Waals surface area contributed by atoms with Crippen molar-refractivity contribution in [3.05, 3.63) is 0 Å². The largest absolute Gasteiger partial charge is 0.281 e. The molecule has 0 aliphatic heterocycles. The van der Waals surface area contributed by atoms with Crippen molar-refractivity contribution in [2.24, 2.45) is 5.92 Å². The lowest BCUT2D eigenvalue weighted by molar-refractivity contribution is -0.114. The van der Waals surface area contributed by atoms with Gasteiger partial charge in [0.25, 0.3) is 0 Å². The molecule has 0 radical (unpaired) electrons. The van der Waals surface area contributed by atoms with Gasteiger partial charge in [0.15, 0.2) is 0 Å². The van der Waals surface area contributed by atoms with E-state index in [9.17, 15) is 9.59 Å². The monoisotopic (exact) mass is 196 g/mol. The van der Waals surface area contributed by atoms with Gasteiger partial charge in [0.1, 0.15) is 0 Å². The number of hydrogen-bond acceptors (Lipinski definition) is 2. The standard InChI is InChI=1S/C7H10Cl2O2/c1-5(4-7(9)11)2-3-6(8)10/h5H,2-4H2,1H3. The molecule has 1 atom stereocenters. The summed E-state index contributed by atoms with van der Waals surface area (Å²) in [6.07, 6.45) is 1.25. The van der Waals surface area contributed by atoms with Gasteiger partial charge in [-0.25, -0.2) is 0 Å². The molecule has 2 nitrogen and oxygen atoms in total. The van der Waals surface area contributed by atoms with Gasteiger partial charge in [0.2, 0.25) is 10.5 Å². The van der Waals surface area contributed by atoms with Crippen LogP contribution in [0, 0.1) is 5.92 Å². The Hall–Kier alpha value is -0.0800. The Morgan fingerprint density at radius 3 is 2.18 bits per heavy atom. The van der Waals surface area contributed by atoms with Crippen LogP contribution in [0.25, 0.3) is 0 Å². The SMILES string of the molecule is CC(CCC(=O)Cl)CC(=O)Cl. The van der Waals surface area contributed by atoms with E-state index in [0.29, 0.717) is 19.3 Å². The van der Waals surface area contributed by atoms with Gasteiger partial charge in [-0.2, -0.15) is 0 Å². The Kier molecular flexibility index (Phi) is 5.51. The van der Waals surface area contributed by atoms with Crippen molar-refractivity contribution in [1.29, 1.82) is 0 Å². The van der Waals surface area contributed by atoms with Crippen molar-refractivity contribution in [3.63, 3.8) is 0 Å². The first-order valence-electron chi connectivity index (χ1n) is 3.39. The number of rotatable bonds is 5. The summed E-state index contributed by atoms with van der Waals surface area (Å²) in [7, 11) is 0. The van der Waals surface area contributed by atoms with Gasteiger partial charge in [-0.15, -0.1) is 0 Å². The molecular formula is C7H10Cl2O2. The smallest absolute Gasteiger partial charge is 0.221 e. The molecule has 1 unspecified atom stereocenters. The van der Waals surface area contributed by atoms with E-state index < -0.39 is 0 Å². The van der Waals surface area contributed by atoms with Crippen LogP contribution in [0.1, 0.15) is 26.2 Å². The van der Waals surface area contributed by atoms with Crippen molar-refractivity contribution >= 4 is 33.7 Å². The van der Waals surface area contributed by atoms with Crippen molar-refractivity contribution in [1.82, 2.24) is 0 Å². The maximum Gasteiger partial charge on any atom is 0.221 e. The molecule has 11 heavy (non-hydrogen) atoms. The van der Waals surface area contributed by atoms with E-state index in [4.69, 9.17) is 23.2 Å². The first kappa shape index (κ1) is 10.9. The Balaban J connectivity index is 3.44. The van der Waals surface area contributed by atoms with Gasteiger partial charge in [0, 0.05) is 12.8 Å². The van der Waals surface area contributed by atoms with Gasteiger partial charge < -0.3 is 0 Å². The van der Waals surface area contributed by atoms with Crippen LogP contribution in [0.2, 0.25) is 0 Å². The van der Waals surface area contributed by atoms with E-state index in [1.807, 2.05) is 6.92 Å². The fourth-order valence-electron chi connectivity index (χ4n) is 0.736. The van der Waals surface area contributed by atoms with E-state index in [1.165, 1.54) is 0 Å². The predicted octanol–water partition coefficient (Wildman–Crippen LogP) is 2.32. The third-order valence-corrected chi connectivity index (χ3v) is 1.69. The summed E-state index contributed by atoms with van der Waals surface area (Å²) in [5.41, 5.74) is 0. The van der Waals surface area contributed by atoms with Crippen molar-refractivity contribution < 1.29 is 9.59 Å². The minimum Gasteiger partial charge on any atom is -0.281 e. The summed E-state index contributed by atoms with van der Waals surface area (Å²) in [6.45, 7) is 1.86. The van der Waals surface area contributed by atoms with Gasteiger partial charge in [-0.3, -0.25) is 9.59 Å². The summed E-state index contributed by atoms with van der Waals surface area (Å²) in [5, 5.41) is -0.724. The molecule has 0 N–H and O–H groups in total. The normalized spacial score (nSPS) is 12.6. The summed E-state index contributed by atoms with van der Waals surface area (Å²) >= 11 is 10.2. The number of halogens is 2. The summed E-state index contributed by atoms with van der Waals surface area (Å²) in [4.78, 5) is 20.6. The second kappa shape index (κ2) is 5.56. The van der Waals surface area contributed by atoms with Gasteiger partial charge >= 0.3 is 0 Å². The summed E-state index contributed by atoms with van der Waals surface area (Å²) < 4.78 is 0. The molecule has 0 heterocycles. The highest BCUT2D eigenvalue weighted by molar-refractivity contribution is 6.63. The van der Waals surface area contributed by atoms with E-state index in [0.717, 1.165) is 0 Å². The first-order chi connectivity index (χ1) is 5.02. The van der Waals surface area contributed by atoms with E-state index in [2.05, 4.69) is 0 Å². The molecule has 0 saturated heterocycles. The lowest BCUT2D eigenvalue weighted by Crippen LogP contribution is -2.01. The molecule has 0 fully saturated rings. The van der Waals surface area contributed by atoms with Crippen LogP contribution in [-0.4, -0.2) is 10.5 Å². The van der Waals surface area contributed by atoms with Crippen LogP contribution < -0.4 is 0 Å². The molecule has 0 aliphatic rings. The van der Waals surface area contributed by atoms with Crippen molar-refractivity contribution in [2.75, 3.05) is 0 Å². The van der Waals surface area contributed by atoms with Crippen LogP contribution >= 0.6 is 23.2 Å². The average Bonchev–Trinajstić information content (AvgIpc) is 1.82. The van der Waals surface area contributed by atoms with Crippen LogP contribution in [0.5, 0.6) is 0 Å². The number of hydrogen-bond donors (Lipinski definition) is 0. The van der Waals surface area contributed by atoms with Crippen LogP contribution in [0.3, 0.4) is 0 Å². The summed E-state index contributed by atoms with van der Waals surface area (Å²) in [6, 6.07) is 0. The first-order valence-corrected chi connectivity index (χ1v) is 4.14. The molecule has 0 saturated carbocycles. The van der Waals surface area contributed by atoms with Crippen LogP contribution in [0.15, 0.2) is 0 Å². The third kappa shape index (κ3) is 7.82. The highest BCUT2D eigenvalue weighted by Gasteiger charge is 2.07. The zero-order valence-electron chi connectivity index (χ0n) is 6.27. The van der Waals surface area contributed by atoms with Crippen LogP contribution in [-0.2, 0) is 9.59 Å². The Morgan fingerprint density at radius 1 is 1.27 bits per heavy atom. The Morgan fingerprint density at radius 2 is 1.82 bits per heavy atom. The van der Waals surface area contributed by atoms with E-state index in [1.54, 1.807) is 0 Å². The molecule has 0 spiro atoms. The molecule has 0 aromatic carbocycles. The lowest BCUT2D eigenvalue weighted by atomic mass is 10.0. The highest BCUT2D eigenvalue weighted by atomic mass is 35.5. The molecule has 64 valence electrons. The molecule has 0 aliphatic carbocycles. The Labute approximate surface area is 75.9 Å². The molecule has 0 amide bonds. The Bertz CT molecular complexity index is 157. The van der Waals surface area contributed by atoms with E-state index >= 15 is 0 Å². The van der Waals surface area contributed by atoms with Gasteiger partial charge in [0.05, 0.1) is 0 Å². The van der Waals surface area contributed by atoms with Crippen molar-refractivity contribution in [3.8, 4) is 0 Å². The molecule has 0 rings (SSSR count). The van der Waals surface area contributed by atoms with Gasteiger partial charge in [-0.05, 0) is 35.5 Å². The second-order valence-electron chi connectivity index (χ2n) is 2.56. The van der Waals surface area contributed by atoms with Crippen LogP contribution in [0.4, 0.5) is 0 Å². The zero-order chi connectivity index (χ0) is 8.85. The maximum absolute atomic E-state index is 10.3. The van der Waals surface area contributed by atoms with E-state index in [-0.39, 0.29) is 16.4 Å². The molecule has 0 aromatic heterocycles. The second-order valence-corrected chi connectivity index (χ2v) is 3.40. The highest BCUT2D eigenvalue weighted by Crippen LogP contribution is 2.12. The maximum atomic E-state index is 10.3. The predicted molar refractivity (Wildman–Crippen MR) is 44.7 cm³/mol. The molecule has 4 heteroatoms. The number of carbonyl (C=O) groups is 2. The van der Waals surface area contributed by atoms with Crippen molar-refractivity contribution in [2.45, 2.75) is 26.2 Å². The minimum atomic E-state index is -0.362. The summed E-state index contributed by atoms with van der Waals surface area (Å²) in [5.74, 6) is 0.141. The minimum absolute atomic E-state index is 0.141. The fraction of sp³-hybridized carbons (Fsp3) is 0.714. The quantitative estimate of drug-likeness (QED) is 0.633. The fourth-order valence-corrected chi connectivity index (χ4v) is 1.11. The molecular weight excluding hydrogens is 187 g/mol. The lowest BCUT2D eigenvalue weighted by Gasteiger charge is -2.04. The number of carbonyl (C=O) groups excluding carboxylic acids is 2. The molecule has 0 bridgehead atoms. The third-order valence-electron chi connectivity index (χ3n) is 1.34. The zero-order valence-corrected chi connectivity index (χ0v) is 7.78. The molecule has 0 aromatic rings. The average molecular weight is 197 g/mol. The van der Waals surface area contributed by atoms with Gasteiger partial charge in [-0.1, -0.05) is 6.92 Å².